The lowest BCUT2D eigenvalue weighted by Crippen LogP contribution is -2.54. The Bertz CT molecular complexity index is 3000. The minimum Gasteiger partial charge on any atom is -0.483 e. The summed E-state index contributed by atoms with van der Waals surface area (Å²) in [4.78, 5) is 84.3. The lowest BCUT2D eigenvalue weighted by molar-refractivity contribution is -0.136. The summed E-state index contributed by atoms with van der Waals surface area (Å²) in [7, 11) is 1.84. The molecule has 2 aromatic heterocycles. The Balaban J connectivity index is 0.797. The second-order valence-electron chi connectivity index (χ2n) is 15.9. The lowest BCUT2D eigenvalue weighted by Gasteiger charge is -2.27. The maximum Gasteiger partial charge on any atom is 0.266 e. The topological polar surface area (TPSA) is 209 Å². The summed E-state index contributed by atoms with van der Waals surface area (Å²) in [6.07, 6.45) is 0.0415. The molecule has 0 bridgehead atoms. The number of aryl methyl sites for hydroxylation is 2. The fourth-order valence-electron chi connectivity index (χ4n) is 8.12. The number of rotatable bonds is 12. The number of nitrogens with zero attached hydrogens (tertiary/aromatic N) is 6. The SMILES string of the molecule is Cc1sc2c(c1C)C(c1ccc(Cl)cc1)=N[C@@H](CC(=O)Nc1ccc(N(C)Nc3ccc(NC(=O)COc4cccc5c4C(=O)N(C4CCC(=O)NC4=O)C5=O)cc3)cc1)c1nnc(C)n1-2. The number of imide groups is 2. The molecule has 1 saturated heterocycles. The van der Waals surface area contributed by atoms with Gasteiger partial charge in [-0.3, -0.25) is 59.0 Å². The van der Waals surface area contributed by atoms with Crippen molar-refractivity contribution in [3.05, 3.63) is 140 Å². The number of nitrogens with one attached hydrogen (secondary N) is 4. The number of halogens is 1. The molecule has 9 rings (SSSR count). The number of benzene rings is 4. The van der Waals surface area contributed by atoms with Crippen LogP contribution in [0, 0.1) is 20.8 Å². The number of carbonyl (C=O) groups is 6. The van der Waals surface area contributed by atoms with Gasteiger partial charge in [0.25, 0.3) is 17.7 Å². The number of hydrogen-bond donors (Lipinski definition) is 4. The highest BCUT2D eigenvalue weighted by Crippen LogP contribution is 2.40. The smallest absolute Gasteiger partial charge is 0.266 e. The number of anilines is 4. The average Bonchev–Trinajstić information content (AvgIpc) is 3.87. The van der Waals surface area contributed by atoms with E-state index in [-0.39, 0.29) is 42.0 Å². The molecular formula is C47H41ClN10O7S. The number of ether oxygens (including phenoxy) is 1. The highest BCUT2D eigenvalue weighted by atomic mass is 35.5. The van der Waals surface area contributed by atoms with Crippen LogP contribution >= 0.6 is 22.9 Å². The van der Waals surface area contributed by atoms with Crippen LogP contribution in [0.4, 0.5) is 22.7 Å². The number of amides is 6. The Morgan fingerprint density at radius 2 is 1.53 bits per heavy atom. The van der Waals surface area contributed by atoms with Crippen molar-refractivity contribution in [1.82, 2.24) is 25.0 Å². The summed E-state index contributed by atoms with van der Waals surface area (Å²) >= 11 is 7.90. The summed E-state index contributed by atoms with van der Waals surface area (Å²) in [5.74, 6) is -2.03. The fourth-order valence-corrected chi connectivity index (χ4v) is 9.46. The van der Waals surface area contributed by atoms with Gasteiger partial charge in [-0.2, -0.15) is 0 Å². The van der Waals surface area contributed by atoms with Crippen LogP contribution in [0.5, 0.6) is 5.75 Å². The first-order valence-corrected chi connectivity index (χ1v) is 22.1. The molecule has 6 amide bonds. The van der Waals surface area contributed by atoms with E-state index in [1.165, 1.54) is 18.2 Å². The van der Waals surface area contributed by atoms with Crippen LogP contribution in [-0.2, 0) is 19.2 Å². The van der Waals surface area contributed by atoms with E-state index in [1.807, 2.05) is 67.1 Å². The zero-order valence-corrected chi connectivity index (χ0v) is 37.5. The van der Waals surface area contributed by atoms with Crippen molar-refractivity contribution in [3.63, 3.8) is 0 Å². The van der Waals surface area contributed by atoms with Gasteiger partial charge in [-0.1, -0.05) is 29.8 Å². The monoisotopic (exact) mass is 924 g/mol. The van der Waals surface area contributed by atoms with E-state index in [1.54, 1.807) is 40.6 Å². The first-order valence-electron chi connectivity index (χ1n) is 20.9. The molecule has 1 fully saturated rings. The van der Waals surface area contributed by atoms with Crippen molar-refractivity contribution in [2.24, 2.45) is 4.99 Å². The molecule has 17 nitrogen and oxygen atoms in total. The van der Waals surface area contributed by atoms with Crippen LogP contribution in [-0.4, -0.2) is 80.5 Å². The Labute approximate surface area is 386 Å². The minimum atomic E-state index is -1.12. The van der Waals surface area contributed by atoms with E-state index in [2.05, 4.69) is 45.4 Å². The molecule has 0 spiro atoms. The zero-order valence-electron chi connectivity index (χ0n) is 36.0. The Morgan fingerprint density at radius 3 is 2.24 bits per heavy atom. The molecule has 1 unspecified atom stereocenters. The highest BCUT2D eigenvalue weighted by molar-refractivity contribution is 7.15. The molecule has 4 N–H and O–H groups in total. The fraction of sp³-hybridized carbons (Fsp3) is 0.213. The lowest BCUT2D eigenvalue weighted by atomic mass is 9.99. The quantitative estimate of drug-likeness (QED) is 0.0749. The van der Waals surface area contributed by atoms with Gasteiger partial charge >= 0.3 is 0 Å². The average molecular weight is 925 g/mol. The molecule has 0 aliphatic carbocycles. The van der Waals surface area contributed by atoms with Gasteiger partial charge in [-0.15, -0.1) is 21.5 Å². The molecule has 6 aromatic rings. The Morgan fingerprint density at radius 1 is 0.848 bits per heavy atom. The van der Waals surface area contributed by atoms with Gasteiger partial charge in [0, 0.05) is 45.9 Å². The van der Waals surface area contributed by atoms with Crippen molar-refractivity contribution in [1.29, 1.82) is 0 Å². The Kier molecular flexibility index (Phi) is 11.7. The second-order valence-corrected chi connectivity index (χ2v) is 17.6. The maximum absolute atomic E-state index is 13.7. The molecule has 2 atom stereocenters. The van der Waals surface area contributed by atoms with E-state index in [0.717, 1.165) is 48.6 Å². The number of piperidine rings is 1. The molecule has 334 valence electrons. The van der Waals surface area contributed by atoms with Crippen LogP contribution in [0.2, 0.25) is 5.02 Å². The van der Waals surface area contributed by atoms with E-state index in [4.69, 9.17) is 21.3 Å². The molecule has 5 heterocycles. The third-order valence-electron chi connectivity index (χ3n) is 11.5. The van der Waals surface area contributed by atoms with Crippen molar-refractivity contribution >= 4 is 86.8 Å². The van der Waals surface area contributed by atoms with Crippen molar-refractivity contribution < 1.29 is 33.5 Å². The van der Waals surface area contributed by atoms with Gasteiger partial charge in [0.1, 0.15) is 28.7 Å². The van der Waals surface area contributed by atoms with Crippen LogP contribution in [0.25, 0.3) is 5.00 Å². The Hall–Kier alpha value is -7.70. The molecule has 0 saturated carbocycles. The van der Waals surface area contributed by atoms with E-state index in [0.29, 0.717) is 28.0 Å². The van der Waals surface area contributed by atoms with E-state index < -0.39 is 48.2 Å². The summed E-state index contributed by atoms with van der Waals surface area (Å²) in [5, 5.41) is 20.2. The number of aliphatic imine (C=N–C) groups is 1. The first-order chi connectivity index (χ1) is 31.7. The zero-order chi connectivity index (χ0) is 46.4. The predicted molar refractivity (Wildman–Crippen MR) is 249 cm³/mol. The van der Waals surface area contributed by atoms with Crippen LogP contribution < -0.4 is 31.1 Å². The minimum absolute atomic E-state index is 0.00465. The predicted octanol–water partition coefficient (Wildman–Crippen LogP) is 6.71. The van der Waals surface area contributed by atoms with Gasteiger partial charge < -0.3 is 15.4 Å². The molecule has 0 radical (unpaired) electrons. The number of hydrazine groups is 1. The first kappa shape index (κ1) is 43.5. The molecule has 66 heavy (non-hydrogen) atoms. The number of thiophene rings is 1. The standard InChI is InChI=1S/C47H41ClN10O7S/c1-24-25(2)66-47-40(24)42(27-8-10-28(48)11-9-27)51-34(43-54-53-26(3)57(43)47)22-38(60)49-30-16-18-32(19-17-30)56(4)55-31-14-12-29(13-15-31)50-39(61)23-65-36-7-5-6-33-41(36)46(64)58(45(33)63)35-20-21-37(59)52-44(35)62/h5-19,34-35,55H,20-23H2,1-4H3,(H,49,60)(H,50,61)(H,52,59,62)/t34-,35?/m0/s1. The maximum atomic E-state index is 13.7. The third-order valence-corrected chi connectivity index (χ3v) is 13.0. The number of hydrogen-bond acceptors (Lipinski definition) is 13. The van der Waals surface area contributed by atoms with Crippen LogP contribution in [0.1, 0.15) is 79.2 Å². The van der Waals surface area contributed by atoms with Gasteiger partial charge in [-0.05, 0) is 106 Å². The summed E-state index contributed by atoms with van der Waals surface area (Å²) < 4.78 is 7.71. The molecule has 3 aliphatic rings. The van der Waals surface area contributed by atoms with Crippen molar-refractivity contribution in [2.45, 2.75) is 52.1 Å². The normalized spacial score (nSPS) is 16.4. The number of aromatic nitrogens is 3. The van der Waals surface area contributed by atoms with Crippen molar-refractivity contribution in [2.75, 3.05) is 34.7 Å². The highest BCUT2D eigenvalue weighted by Gasteiger charge is 2.46. The summed E-state index contributed by atoms with van der Waals surface area (Å²) in [6, 6.07) is 24.5. The van der Waals surface area contributed by atoms with Gasteiger partial charge in [-0.25, -0.2) is 0 Å². The number of carbonyl (C=O) groups excluding carboxylic acids is 6. The van der Waals surface area contributed by atoms with Crippen LogP contribution in [0.3, 0.4) is 0 Å². The van der Waals surface area contributed by atoms with Gasteiger partial charge in [0.15, 0.2) is 12.4 Å². The van der Waals surface area contributed by atoms with Gasteiger partial charge in [0.05, 0.1) is 34.6 Å². The van der Waals surface area contributed by atoms with E-state index in [9.17, 15) is 28.8 Å². The summed E-state index contributed by atoms with van der Waals surface area (Å²) in [5.41, 5.74) is 9.64. The molecule has 3 aliphatic heterocycles. The van der Waals surface area contributed by atoms with Crippen molar-refractivity contribution in [3.8, 4) is 10.8 Å². The van der Waals surface area contributed by atoms with Crippen LogP contribution in [0.15, 0.2) is 96.0 Å². The molecule has 4 aromatic carbocycles. The molecular weight excluding hydrogens is 884 g/mol. The largest absolute Gasteiger partial charge is 0.483 e. The van der Waals surface area contributed by atoms with E-state index >= 15 is 0 Å². The second kappa shape index (κ2) is 17.7. The molecule has 19 heteroatoms. The third kappa shape index (κ3) is 8.38. The number of fused-ring (bicyclic) bond motifs is 4. The summed E-state index contributed by atoms with van der Waals surface area (Å²) in [6.45, 7) is 5.59. The van der Waals surface area contributed by atoms with Gasteiger partial charge in [0.2, 0.25) is 17.7 Å².